The van der Waals surface area contributed by atoms with Gasteiger partial charge in [-0.05, 0) is 25.8 Å². The Hall–Kier alpha value is -1.84. The molecule has 0 atom stereocenters. The zero-order valence-electron chi connectivity index (χ0n) is 12.2. The minimum absolute atomic E-state index is 0.168. The summed E-state index contributed by atoms with van der Waals surface area (Å²) in [5, 5.41) is 3.71. The van der Waals surface area contributed by atoms with Gasteiger partial charge < -0.3 is 9.73 Å². The van der Waals surface area contributed by atoms with E-state index < -0.39 is 5.82 Å². The smallest absolute Gasteiger partial charge is 0.287 e. The molecular formula is C17H20FNO2. The van der Waals surface area contributed by atoms with Gasteiger partial charge in [0.15, 0.2) is 17.2 Å². The van der Waals surface area contributed by atoms with Crippen molar-refractivity contribution < 1.29 is 13.6 Å². The summed E-state index contributed by atoms with van der Waals surface area (Å²) in [6, 6.07) is 4.96. The number of carbonyl (C=O) groups excluding carboxylic acids is 1. The molecule has 1 amide bonds. The van der Waals surface area contributed by atoms with E-state index in [1.807, 2.05) is 0 Å². The molecule has 1 aliphatic carbocycles. The van der Waals surface area contributed by atoms with Crippen LogP contribution in [-0.2, 0) is 0 Å². The average Bonchev–Trinajstić information content (AvgIpc) is 2.65. The summed E-state index contributed by atoms with van der Waals surface area (Å²) in [5.41, 5.74) is 0.872. The Kier molecular flexibility index (Phi) is 3.95. The van der Waals surface area contributed by atoms with Crippen LogP contribution in [0.3, 0.4) is 0 Å². The molecule has 1 fully saturated rings. The normalized spacial score (nSPS) is 16.9. The molecule has 0 unspecified atom stereocenters. The summed E-state index contributed by atoms with van der Waals surface area (Å²) >= 11 is 0. The summed E-state index contributed by atoms with van der Waals surface area (Å²) in [6.45, 7) is 1.80. The summed E-state index contributed by atoms with van der Waals surface area (Å²) in [7, 11) is 0. The standard InChI is InChI=1S/C17H20FNO2/c1-11-13-9-6-10-14(18)16(13)21-15(11)17(20)19-12-7-4-2-3-5-8-12/h6,9-10,12H,2-5,7-8H2,1H3,(H,19,20). The van der Waals surface area contributed by atoms with Crippen LogP contribution in [-0.4, -0.2) is 11.9 Å². The Morgan fingerprint density at radius 3 is 2.62 bits per heavy atom. The lowest BCUT2D eigenvalue weighted by Gasteiger charge is -2.15. The molecule has 4 heteroatoms. The molecule has 3 rings (SSSR count). The highest BCUT2D eigenvalue weighted by Crippen LogP contribution is 2.27. The predicted octanol–water partition coefficient (Wildman–Crippen LogP) is 4.33. The summed E-state index contributed by atoms with van der Waals surface area (Å²) in [4.78, 5) is 12.4. The zero-order valence-corrected chi connectivity index (χ0v) is 12.2. The molecule has 21 heavy (non-hydrogen) atoms. The third-order valence-electron chi connectivity index (χ3n) is 4.31. The fourth-order valence-corrected chi connectivity index (χ4v) is 3.10. The molecule has 1 aromatic heterocycles. The lowest BCUT2D eigenvalue weighted by Crippen LogP contribution is -2.34. The van der Waals surface area contributed by atoms with Crippen LogP contribution in [0.5, 0.6) is 0 Å². The van der Waals surface area contributed by atoms with E-state index in [1.165, 1.54) is 18.9 Å². The maximum absolute atomic E-state index is 13.7. The highest BCUT2D eigenvalue weighted by molar-refractivity contribution is 5.99. The molecule has 0 radical (unpaired) electrons. The number of hydrogen-bond acceptors (Lipinski definition) is 2. The van der Waals surface area contributed by atoms with E-state index in [9.17, 15) is 9.18 Å². The molecule has 2 aromatic rings. The summed E-state index contributed by atoms with van der Waals surface area (Å²) in [5.74, 6) is -0.418. The first kappa shape index (κ1) is 14.1. The third-order valence-corrected chi connectivity index (χ3v) is 4.31. The van der Waals surface area contributed by atoms with Crippen molar-refractivity contribution in [1.82, 2.24) is 5.32 Å². The lowest BCUT2D eigenvalue weighted by atomic mass is 10.1. The van der Waals surface area contributed by atoms with Crippen molar-refractivity contribution in [2.24, 2.45) is 0 Å². The van der Waals surface area contributed by atoms with Crippen molar-refractivity contribution in [2.75, 3.05) is 0 Å². The molecule has 112 valence electrons. The molecule has 1 heterocycles. The number of hydrogen-bond donors (Lipinski definition) is 1. The highest BCUT2D eigenvalue weighted by Gasteiger charge is 2.22. The van der Waals surface area contributed by atoms with Crippen molar-refractivity contribution in [2.45, 2.75) is 51.5 Å². The summed E-state index contributed by atoms with van der Waals surface area (Å²) in [6.07, 6.45) is 6.80. The topological polar surface area (TPSA) is 42.2 Å². The number of halogens is 1. The number of fused-ring (bicyclic) bond motifs is 1. The fourth-order valence-electron chi connectivity index (χ4n) is 3.10. The van der Waals surface area contributed by atoms with Crippen molar-refractivity contribution in [1.29, 1.82) is 0 Å². The Bertz CT molecular complexity index is 654. The molecule has 0 bridgehead atoms. The second kappa shape index (κ2) is 5.88. The van der Waals surface area contributed by atoms with Gasteiger partial charge in [-0.15, -0.1) is 0 Å². The number of para-hydroxylation sites is 1. The number of amides is 1. The van der Waals surface area contributed by atoms with E-state index >= 15 is 0 Å². The van der Waals surface area contributed by atoms with Crippen LogP contribution in [0.4, 0.5) is 4.39 Å². The second-order valence-electron chi connectivity index (χ2n) is 5.83. The average molecular weight is 289 g/mol. The molecule has 1 aromatic carbocycles. The van der Waals surface area contributed by atoms with Crippen LogP contribution in [0.1, 0.15) is 54.6 Å². The number of carbonyl (C=O) groups is 1. The number of furan rings is 1. The largest absolute Gasteiger partial charge is 0.448 e. The van der Waals surface area contributed by atoms with Gasteiger partial charge in [-0.25, -0.2) is 4.39 Å². The van der Waals surface area contributed by atoms with E-state index in [1.54, 1.807) is 19.1 Å². The van der Waals surface area contributed by atoms with E-state index in [4.69, 9.17) is 4.42 Å². The van der Waals surface area contributed by atoms with Crippen LogP contribution in [0.2, 0.25) is 0 Å². The Morgan fingerprint density at radius 2 is 1.95 bits per heavy atom. The second-order valence-corrected chi connectivity index (χ2v) is 5.83. The first-order chi connectivity index (χ1) is 10.2. The Labute approximate surface area is 123 Å². The number of rotatable bonds is 2. The van der Waals surface area contributed by atoms with Gasteiger partial charge >= 0.3 is 0 Å². The highest BCUT2D eigenvalue weighted by atomic mass is 19.1. The van der Waals surface area contributed by atoms with Crippen LogP contribution >= 0.6 is 0 Å². The SMILES string of the molecule is Cc1c(C(=O)NC2CCCCCC2)oc2c(F)cccc12. The fraction of sp³-hybridized carbons (Fsp3) is 0.471. The molecule has 0 aliphatic heterocycles. The number of nitrogens with one attached hydrogen (secondary N) is 1. The molecule has 1 saturated carbocycles. The molecule has 1 N–H and O–H groups in total. The van der Waals surface area contributed by atoms with Crippen LogP contribution in [0.15, 0.2) is 22.6 Å². The van der Waals surface area contributed by atoms with Gasteiger partial charge in [0.1, 0.15) is 0 Å². The van der Waals surface area contributed by atoms with E-state index in [0.717, 1.165) is 25.7 Å². The molecular weight excluding hydrogens is 269 g/mol. The molecule has 3 nitrogen and oxygen atoms in total. The van der Waals surface area contributed by atoms with Gasteiger partial charge in [-0.3, -0.25) is 4.79 Å². The quantitative estimate of drug-likeness (QED) is 0.836. The van der Waals surface area contributed by atoms with Crippen LogP contribution < -0.4 is 5.32 Å². The van der Waals surface area contributed by atoms with E-state index in [0.29, 0.717) is 10.9 Å². The maximum atomic E-state index is 13.7. The van der Waals surface area contributed by atoms with Crippen LogP contribution in [0, 0.1) is 12.7 Å². The molecule has 0 saturated heterocycles. The number of benzene rings is 1. The van der Waals surface area contributed by atoms with Crippen molar-refractivity contribution >= 4 is 16.9 Å². The molecule has 1 aliphatic rings. The van der Waals surface area contributed by atoms with Crippen LogP contribution in [0.25, 0.3) is 11.0 Å². The first-order valence-electron chi connectivity index (χ1n) is 7.65. The minimum atomic E-state index is -0.427. The van der Waals surface area contributed by atoms with Crippen molar-refractivity contribution in [3.63, 3.8) is 0 Å². The Balaban J connectivity index is 1.84. The van der Waals surface area contributed by atoms with Gasteiger partial charge in [-0.1, -0.05) is 37.8 Å². The van der Waals surface area contributed by atoms with Crippen molar-refractivity contribution in [3.8, 4) is 0 Å². The first-order valence-corrected chi connectivity index (χ1v) is 7.65. The van der Waals surface area contributed by atoms with Gasteiger partial charge in [-0.2, -0.15) is 0 Å². The maximum Gasteiger partial charge on any atom is 0.287 e. The third kappa shape index (κ3) is 2.80. The van der Waals surface area contributed by atoms with Crippen molar-refractivity contribution in [3.05, 3.63) is 35.3 Å². The van der Waals surface area contributed by atoms with E-state index in [-0.39, 0.29) is 23.3 Å². The number of aryl methyl sites for hydroxylation is 1. The zero-order chi connectivity index (χ0) is 14.8. The van der Waals surface area contributed by atoms with Gasteiger partial charge in [0.25, 0.3) is 5.91 Å². The van der Waals surface area contributed by atoms with Gasteiger partial charge in [0.05, 0.1) is 0 Å². The lowest BCUT2D eigenvalue weighted by molar-refractivity contribution is 0.0906. The minimum Gasteiger partial charge on any atom is -0.448 e. The summed E-state index contributed by atoms with van der Waals surface area (Å²) < 4.78 is 19.2. The van der Waals surface area contributed by atoms with Gasteiger partial charge in [0, 0.05) is 17.0 Å². The van der Waals surface area contributed by atoms with Gasteiger partial charge in [0.2, 0.25) is 0 Å². The van der Waals surface area contributed by atoms with E-state index in [2.05, 4.69) is 5.32 Å². The molecule has 0 spiro atoms. The predicted molar refractivity (Wildman–Crippen MR) is 79.9 cm³/mol. The Morgan fingerprint density at radius 1 is 1.24 bits per heavy atom. The monoisotopic (exact) mass is 289 g/mol.